The largest absolute Gasteiger partial charge is 0.490 e. The highest BCUT2D eigenvalue weighted by Gasteiger charge is 2.52. The highest BCUT2D eigenvalue weighted by atomic mass is 79.9. The van der Waals surface area contributed by atoms with Crippen LogP contribution in [0.2, 0.25) is 0 Å². The molecular formula is C14H17BrO3. The third-order valence-electron chi connectivity index (χ3n) is 3.17. The van der Waals surface area contributed by atoms with E-state index in [1.54, 1.807) is 0 Å². The van der Waals surface area contributed by atoms with Crippen LogP contribution in [0.15, 0.2) is 22.7 Å². The lowest BCUT2D eigenvalue weighted by atomic mass is 9.96. The van der Waals surface area contributed by atoms with Crippen molar-refractivity contribution in [3.63, 3.8) is 0 Å². The van der Waals surface area contributed by atoms with Crippen molar-refractivity contribution < 1.29 is 14.3 Å². The number of benzene rings is 1. The zero-order valence-corrected chi connectivity index (χ0v) is 12.4. The summed E-state index contributed by atoms with van der Waals surface area (Å²) in [5.74, 6) is 0.654. The fraction of sp³-hybridized carbons (Fsp3) is 0.500. The van der Waals surface area contributed by atoms with E-state index in [1.807, 2.05) is 32.0 Å². The first-order chi connectivity index (χ1) is 8.49. The molecule has 98 valence electrons. The van der Waals surface area contributed by atoms with Crippen LogP contribution >= 0.6 is 15.9 Å². The van der Waals surface area contributed by atoms with Gasteiger partial charge in [-0.2, -0.15) is 0 Å². The highest BCUT2D eigenvalue weighted by Crippen LogP contribution is 2.50. The van der Waals surface area contributed by atoms with Gasteiger partial charge in [0.2, 0.25) is 0 Å². The SMILES string of the molecule is COC(=O)C1(c2ccc(OC(C)C)c(Br)c2)CC1. The molecule has 0 radical (unpaired) electrons. The van der Waals surface area contributed by atoms with Crippen LogP contribution in [-0.4, -0.2) is 19.2 Å². The molecule has 0 unspecified atom stereocenters. The Morgan fingerprint density at radius 1 is 1.39 bits per heavy atom. The summed E-state index contributed by atoms with van der Waals surface area (Å²) in [7, 11) is 1.44. The van der Waals surface area contributed by atoms with E-state index in [0.717, 1.165) is 28.6 Å². The molecule has 1 aliphatic rings. The number of hydrogen-bond acceptors (Lipinski definition) is 3. The molecule has 1 aromatic rings. The molecule has 1 fully saturated rings. The molecule has 0 spiro atoms. The van der Waals surface area contributed by atoms with Gasteiger partial charge < -0.3 is 9.47 Å². The van der Waals surface area contributed by atoms with Crippen molar-refractivity contribution in [2.45, 2.75) is 38.2 Å². The molecule has 1 saturated carbocycles. The number of carbonyl (C=O) groups excluding carboxylic acids is 1. The zero-order valence-electron chi connectivity index (χ0n) is 10.8. The van der Waals surface area contributed by atoms with Crippen molar-refractivity contribution >= 4 is 21.9 Å². The molecule has 4 heteroatoms. The Labute approximate surface area is 116 Å². The summed E-state index contributed by atoms with van der Waals surface area (Å²) in [5, 5.41) is 0. The molecule has 1 aliphatic carbocycles. The van der Waals surface area contributed by atoms with Crippen LogP contribution < -0.4 is 4.74 Å². The molecule has 0 aliphatic heterocycles. The van der Waals surface area contributed by atoms with Crippen molar-refractivity contribution in [1.82, 2.24) is 0 Å². The van der Waals surface area contributed by atoms with E-state index in [4.69, 9.17) is 9.47 Å². The maximum Gasteiger partial charge on any atom is 0.316 e. The zero-order chi connectivity index (χ0) is 13.3. The topological polar surface area (TPSA) is 35.5 Å². The second-order valence-electron chi connectivity index (χ2n) is 4.89. The molecule has 2 rings (SSSR count). The molecule has 0 aromatic heterocycles. The van der Waals surface area contributed by atoms with Gasteiger partial charge in [0.15, 0.2) is 0 Å². The molecule has 0 amide bonds. The van der Waals surface area contributed by atoms with Crippen molar-refractivity contribution in [3.8, 4) is 5.75 Å². The number of esters is 1. The van der Waals surface area contributed by atoms with Crippen LogP contribution in [-0.2, 0) is 14.9 Å². The van der Waals surface area contributed by atoms with Gasteiger partial charge in [0, 0.05) is 0 Å². The standard InChI is InChI=1S/C14H17BrO3/c1-9(2)18-12-5-4-10(8-11(12)15)14(6-7-14)13(16)17-3/h4-5,8-9H,6-7H2,1-3H3. The van der Waals surface area contributed by atoms with Gasteiger partial charge in [-0.05, 0) is 60.3 Å². The number of halogens is 1. The summed E-state index contributed by atoms with van der Waals surface area (Å²) in [6.07, 6.45) is 1.84. The lowest BCUT2D eigenvalue weighted by Gasteiger charge is -2.16. The maximum atomic E-state index is 11.8. The van der Waals surface area contributed by atoms with Gasteiger partial charge in [-0.15, -0.1) is 0 Å². The smallest absolute Gasteiger partial charge is 0.316 e. The fourth-order valence-electron chi connectivity index (χ4n) is 2.08. The second-order valence-corrected chi connectivity index (χ2v) is 5.74. The van der Waals surface area contributed by atoms with E-state index in [0.29, 0.717) is 0 Å². The van der Waals surface area contributed by atoms with E-state index in [1.165, 1.54) is 7.11 Å². The summed E-state index contributed by atoms with van der Waals surface area (Å²) in [4.78, 5) is 11.8. The van der Waals surface area contributed by atoms with Crippen molar-refractivity contribution in [2.24, 2.45) is 0 Å². The van der Waals surface area contributed by atoms with Gasteiger partial charge in [-0.1, -0.05) is 6.07 Å². The third-order valence-corrected chi connectivity index (χ3v) is 3.79. The second kappa shape index (κ2) is 4.92. The van der Waals surface area contributed by atoms with Crippen LogP contribution in [0.3, 0.4) is 0 Å². The normalized spacial score (nSPS) is 16.5. The minimum absolute atomic E-state index is 0.127. The Morgan fingerprint density at radius 3 is 2.50 bits per heavy atom. The lowest BCUT2D eigenvalue weighted by molar-refractivity contribution is -0.143. The van der Waals surface area contributed by atoms with Gasteiger partial charge in [0.25, 0.3) is 0 Å². The minimum atomic E-state index is -0.423. The summed E-state index contributed by atoms with van der Waals surface area (Å²) in [6.45, 7) is 3.97. The van der Waals surface area contributed by atoms with Crippen LogP contribution in [0, 0.1) is 0 Å². The predicted molar refractivity (Wildman–Crippen MR) is 72.8 cm³/mol. The predicted octanol–water partition coefficient (Wildman–Crippen LogP) is 3.44. The molecule has 0 heterocycles. The average molecular weight is 313 g/mol. The number of methoxy groups -OCH3 is 1. The molecule has 0 N–H and O–H groups in total. The average Bonchev–Trinajstić information content (AvgIpc) is 3.11. The molecule has 18 heavy (non-hydrogen) atoms. The van der Waals surface area contributed by atoms with Crippen molar-refractivity contribution in [3.05, 3.63) is 28.2 Å². The molecule has 0 saturated heterocycles. The minimum Gasteiger partial charge on any atom is -0.490 e. The summed E-state index contributed by atoms with van der Waals surface area (Å²) in [6, 6.07) is 5.82. The van der Waals surface area contributed by atoms with E-state index in [2.05, 4.69) is 15.9 Å². The Kier molecular flexibility index (Phi) is 3.66. The Hall–Kier alpha value is -1.03. The van der Waals surface area contributed by atoms with Gasteiger partial charge >= 0.3 is 5.97 Å². The summed E-state index contributed by atoms with van der Waals surface area (Å²) < 4.78 is 11.4. The number of rotatable bonds is 4. The first-order valence-corrected chi connectivity index (χ1v) is 6.84. The highest BCUT2D eigenvalue weighted by molar-refractivity contribution is 9.10. The van der Waals surface area contributed by atoms with Crippen LogP contribution in [0.25, 0.3) is 0 Å². The molecule has 3 nitrogen and oxygen atoms in total. The van der Waals surface area contributed by atoms with Crippen LogP contribution in [0.1, 0.15) is 32.3 Å². The monoisotopic (exact) mass is 312 g/mol. The number of carbonyl (C=O) groups is 1. The van der Waals surface area contributed by atoms with E-state index < -0.39 is 5.41 Å². The number of hydrogen-bond donors (Lipinski definition) is 0. The fourth-order valence-corrected chi connectivity index (χ4v) is 2.55. The molecule has 0 atom stereocenters. The number of ether oxygens (including phenoxy) is 2. The van der Waals surface area contributed by atoms with Crippen LogP contribution in [0.4, 0.5) is 0 Å². The Morgan fingerprint density at radius 2 is 2.06 bits per heavy atom. The Bertz CT molecular complexity index is 464. The molecular weight excluding hydrogens is 296 g/mol. The van der Waals surface area contributed by atoms with Gasteiger partial charge in [-0.3, -0.25) is 4.79 Å². The van der Waals surface area contributed by atoms with Crippen molar-refractivity contribution in [1.29, 1.82) is 0 Å². The lowest BCUT2D eigenvalue weighted by Crippen LogP contribution is -2.21. The summed E-state index contributed by atoms with van der Waals surface area (Å²) in [5.41, 5.74) is 0.575. The summed E-state index contributed by atoms with van der Waals surface area (Å²) >= 11 is 3.49. The quantitative estimate of drug-likeness (QED) is 0.799. The maximum absolute atomic E-state index is 11.8. The first-order valence-electron chi connectivity index (χ1n) is 6.05. The van der Waals surface area contributed by atoms with E-state index in [-0.39, 0.29) is 12.1 Å². The van der Waals surface area contributed by atoms with Gasteiger partial charge in [0.1, 0.15) is 5.75 Å². The first kappa shape index (κ1) is 13.4. The van der Waals surface area contributed by atoms with Gasteiger partial charge in [-0.25, -0.2) is 0 Å². The Balaban J connectivity index is 2.27. The molecule has 1 aromatic carbocycles. The van der Waals surface area contributed by atoms with E-state index in [9.17, 15) is 4.79 Å². The third kappa shape index (κ3) is 2.39. The van der Waals surface area contributed by atoms with Crippen molar-refractivity contribution in [2.75, 3.05) is 7.11 Å². The molecule has 0 bridgehead atoms. The van der Waals surface area contributed by atoms with Crippen LogP contribution in [0.5, 0.6) is 5.75 Å². The van der Waals surface area contributed by atoms with E-state index >= 15 is 0 Å². The van der Waals surface area contributed by atoms with Gasteiger partial charge in [0.05, 0.1) is 23.1 Å².